The first kappa shape index (κ1) is 20.2. The smallest absolute Gasteiger partial charge is 0.234 e. The molecular formula is C18H18ClN3O2S2. The van der Waals surface area contributed by atoms with Gasteiger partial charge >= 0.3 is 0 Å². The number of hydrogen-bond donors (Lipinski definition) is 3. The topological polar surface area (TPSA) is 70.2 Å². The normalized spacial score (nSPS) is 10.1. The largest absolute Gasteiger partial charge is 0.332 e. The molecule has 0 unspecified atom stereocenters. The lowest BCUT2D eigenvalue weighted by atomic mass is 10.3. The molecule has 0 aliphatic heterocycles. The second-order valence-electron chi connectivity index (χ2n) is 5.22. The van der Waals surface area contributed by atoms with E-state index in [4.69, 9.17) is 23.8 Å². The van der Waals surface area contributed by atoms with Crippen molar-refractivity contribution in [3.05, 3.63) is 53.6 Å². The number of benzene rings is 2. The van der Waals surface area contributed by atoms with Crippen LogP contribution in [-0.4, -0.2) is 22.7 Å². The molecule has 0 aliphatic carbocycles. The van der Waals surface area contributed by atoms with Gasteiger partial charge in [0.15, 0.2) is 5.11 Å². The van der Waals surface area contributed by atoms with Crippen LogP contribution in [0.4, 0.5) is 11.4 Å². The summed E-state index contributed by atoms with van der Waals surface area (Å²) in [6.45, 7) is 1.75. The number of nitrogens with one attached hydrogen (secondary N) is 3. The second-order valence-corrected chi connectivity index (χ2v) is 7.12. The number of amides is 2. The lowest BCUT2D eigenvalue weighted by Gasteiger charge is -2.10. The molecule has 3 N–H and O–H groups in total. The van der Waals surface area contributed by atoms with Crippen LogP contribution in [0.1, 0.15) is 13.3 Å². The molecule has 2 aromatic carbocycles. The van der Waals surface area contributed by atoms with Gasteiger partial charge in [-0.25, -0.2) is 0 Å². The predicted molar refractivity (Wildman–Crippen MR) is 112 cm³/mol. The van der Waals surface area contributed by atoms with Gasteiger partial charge in [-0.15, -0.1) is 11.8 Å². The minimum atomic E-state index is -0.149. The maximum atomic E-state index is 12.0. The van der Waals surface area contributed by atoms with Crippen LogP contribution in [0.15, 0.2) is 53.4 Å². The number of thiocarbonyl (C=S) groups is 1. The summed E-state index contributed by atoms with van der Waals surface area (Å²) < 4.78 is 0. The van der Waals surface area contributed by atoms with Crippen molar-refractivity contribution in [3.8, 4) is 0 Å². The van der Waals surface area contributed by atoms with Crippen molar-refractivity contribution in [3.63, 3.8) is 0 Å². The maximum Gasteiger partial charge on any atom is 0.234 e. The van der Waals surface area contributed by atoms with E-state index < -0.39 is 0 Å². The van der Waals surface area contributed by atoms with Crippen molar-refractivity contribution in [2.75, 3.05) is 16.4 Å². The van der Waals surface area contributed by atoms with Crippen molar-refractivity contribution in [2.45, 2.75) is 18.2 Å². The summed E-state index contributed by atoms with van der Waals surface area (Å²) in [4.78, 5) is 24.3. The Bertz CT molecular complexity index is 780. The quantitative estimate of drug-likeness (QED) is 0.492. The first-order valence-corrected chi connectivity index (χ1v) is 9.62. The van der Waals surface area contributed by atoms with Crippen molar-refractivity contribution in [2.24, 2.45) is 0 Å². The van der Waals surface area contributed by atoms with Gasteiger partial charge in [0.05, 0.1) is 5.75 Å². The summed E-state index contributed by atoms with van der Waals surface area (Å²) in [6, 6.07) is 14.4. The van der Waals surface area contributed by atoms with E-state index in [1.165, 1.54) is 11.8 Å². The molecular weight excluding hydrogens is 390 g/mol. The molecule has 0 fully saturated rings. The standard InChI is InChI=1S/C18H18ClN3O2S2/c1-2-16(23)22-18(25)21-14-7-5-13(6-8-14)20-17(24)11-26-15-9-3-12(19)4-10-15/h3-10H,2,11H2,1H3,(H,20,24)(H2,21,22,23,25). The van der Waals surface area contributed by atoms with Crippen LogP contribution in [0.5, 0.6) is 0 Å². The maximum absolute atomic E-state index is 12.0. The molecule has 2 amide bonds. The SMILES string of the molecule is CCC(=O)NC(=S)Nc1ccc(NC(=O)CSc2ccc(Cl)cc2)cc1. The van der Waals surface area contributed by atoms with Gasteiger partial charge in [0.25, 0.3) is 0 Å². The fourth-order valence-corrected chi connectivity index (χ4v) is 2.95. The number of thioether (sulfide) groups is 1. The molecule has 5 nitrogen and oxygen atoms in total. The van der Waals surface area contributed by atoms with Gasteiger partial charge in [0.1, 0.15) is 0 Å². The van der Waals surface area contributed by atoms with Crippen LogP contribution in [0.3, 0.4) is 0 Å². The van der Waals surface area contributed by atoms with Gasteiger partial charge < -0.3 is 16.0 Å². The molecule has 8 heteroatoms. The van der Waals surface area contributed by atoms with E-state index in [1.807, 2.05) is 12.1 Å². The van der Waals surface area contributed by atoms with E-state index in [0.29, 0.717) is 22.9 Å². The van der Waals surface area contributed by atoms with Gasteiger partial charge in [-0.2, -0.15) is 0 Å². The third kappa shape index (κ3) is 7.03. The molecule has 0 aliphatic rings. The fraction of sp³-hybridized carbons (Fsp3) is 0.167. The van der Waals surface area contributed by atoms with E-state index in [1.54, 1.807) is 43.3 Å². The summed E-state index contributed by atoms with van der Waals surface area (Å²) in [5.74, 6) is 0.0513. The molecule has 0 heterocycles. The van der Waals surface area contributed by atoms with Crippen LogP contribution in [-0.2, 0) is 9.59 Å². The third-order valence-electron chi connectivity index (χ3n) is 3.18. The minimum Gasteiger partial charge on any atom is -0.332 e. The molecule has 0 saturated heterocycles. The summed E-state index contributed by atoms with van der Waals surface area (Å²) in [7, 11) is 0. The Balaban J connectivity index is 1.80. The first-order valence-electron chi connectivity index (χ1n) is 7.85. The van der Waals surface area contributed by atoms with Gasteiger partial charge in [-0.1, -0.05) is 18.5 Å². The highest BCUT2D eigenvalue weighted by molar-refractivity contribution is 8.00. The number of carbonyl (C=O) groups excluding carboxylic acids is 2. The van der Waals surface area contributed by atoms with Crippen LogP contribution in [0.2, 0.25) is 5.02 Å². The highest BCUT2D eigenvalue weighted by atomic mass is 35.5. The number of anilines is 2. The average molecular weight is 408 g/mol. The number of carbonyl (C=O) groups is 2. The van der Waals surface area contributed by atoms with Crippen molar-refractivity contribution in [1.29, 1.82) is 0 Å². The Morgan fingerprint density at radius 1 is 0.962 bits per heavy atom. The van der Waals surface area contributed by atoms with Gasteiger partial charge in [0.2, 0.25) is 11.8 Å². The van der Waals surface area contributed by atoms with E-state index in [9.17, 15) is 9.59 Å². The highest BCUT2D eigenvalue weighted by Crippen LogP contribution is 2.21. The Hall–Kier alpha value is -2.09. The molecule has 0 radical (unpaired) electrons. The van der Waals surface area contributed by atoms with Crippen molar-refractivity contribution in [1.82, 2.24) is 5.32 Å². The molecule has 0 aromatic heterocycles. The zero-order valence-corrected chi connectivity index (χ0v) is 16.4. The van der Waals surface area contributed by atoms with Crippen LogP contribution in [0.25, 0.3) is 0 Å². The van der Waals surface area contributed by atoms with Crippen LogP contribution < -0.4 is 16.0 Å². The second kappa shape index (κ2) is 10.2. The van der Waals surface area contributed by atoms with Gasteiger partial charge in [-0.3, -0.25) is 9.59 Å². The molecule has 26 heavy (non-hydrogen) atoms. The van der Waals surface area contributed by atoms with E-state index >= 15 is 0 Å². The summed E-state index contributed by atoms with van der Waals surface area (Å²) >= 11 is 12.3. The van der Waals surface area contributed by atoms with Crippen molar-refractivity contribution < 1.29 is 9.59 Å². The first-order chi connectivity index (χ1) is 12.5. The minimum absolute atomic E-state index is 0.101. The monoisotopic (exact) mass is 407 g/mol. The van der Waals surface area contributed by atoms with Gasteiger partial charge in [0, 0.05) is 27.7 Å². The Morgan fingerprint density at radius 2 is 1.54 bits per heavy atom. The number of rotatable bonds is 6. The van der Waals surface area contributed by atoms with Crippen LogP contribution >= 0.6 is 35.6 Å². The Kier molecular flexibility index (Phi) is 7.90. The Morgan fingerprint density at radius 3 is 2.12 bits per heavy atom. The molecule has 0 saturated carbocycles. The number of hydrogen-bond acceptors (Lipinski definition) is 4. The zero-order chi connectivity index (χ0) is 18.9. The van der Waals surface area contributed by atoms with Crippen LogP contribution in [0, 0.1) is 0 Å². The Labute approximate surface area is 166 Å². The zero-order valence-electron chi connectivity index (χ0n) is 14.0. The number of halogens is 1. The molecule has 0 spiro atoms. The van der Waals surface area contributed by atoms with E-state index in [0.717, 1.165) is 10.6 Å². The molecule has 0 bridgehead atoms. The van der Waals surface area contributed by atoms with E-state index in [-0.39, 0.29) is 16.9 Å². The summed E-state index contributed by atoms with van der Waals surface area (Å²) in [5.41, 5.74) is 1.40. The lowest BCUT2D eigenvalue weighted by Crippen LogP contribution is -2.33. The molecule has 136 valence electrons. The average Bonchev–Trinajstić information content (AvgIpc) is 2.62. The van der Waals surface area contributed by atoms with E-state index in [2.05, 4.69) is 16.0 Å². The predicted octanol–water partition coefficient (Wildman–Crippen LogP) is 4.29. The lowest BCUT2D eigenvalue weighted by molar-refractivity contribution is -0.119. The van der Waals surface area contributed by atoms with Gasteiger partial charge in [-0.05, 0) is 60.7 Å². The molecule has 0 atom stereocenters. The third-order valence-corrected chi connectivity index (χ3v) is 4.65. The summed E-state index contributed by atoms with van der Waals surface area (Å²) in [5, 5.41) is 9.21. The molecule has 2 rings (SSSR count). The summed E-state index contributed by atoms with van der Waals surface area (Å²) in [6.07, 6.45) is 0.362. The molecule has 2 aromatic rings. The highest BCUT2D eigenvalue weighted by Gasteiger charge is 2.05. The fourth-order valence-electron chi connectivity index (χ4n) is 1.89. The van der Waals surface area contributed by atoms with Crippen molar-refractivity contribution >= 4 is 63.9 Å².